The maximum atomic E-state index is 12.7. The second-order valence-electron chi connectivity index (χ2n) is 7.14. The molecule has 2 aromatic heterocycles. The van der Waals surface area contributed by atoms with Gasteiger partial charge in [-0.2, -0.15) is 5.10 Å². The van der Waals surface area contributed by atoms with Crippen molar-refractivity contribution in [2.24, 2.45) is 0 Å². The monoisotopic (exact) mass is 448 g/mol. The Kier molecular flexibility index (Phi) is 7.17. The Hall–Kier alpha value is -2.90. The van der Waals surface area contributed by atoms with Gasteiger partial charge in [-0.15, -0.1) is 23.1 Å². The van der Waals surface area contributed by atoms with Gasteiger partial charge in [-0.25, -0.2) is 9.67 Å². The van der Waals surface area contributed by atoms with Crippen molar-refractivity contribution in [1.82, 2.24) is 20.1 Å². The first-order valence-electron chi connectivity index (χ1n) is 10.2. The number of rotatable bonds is 9. The van der Waals surface area contributed by atoms with E-state index >= 15 is 0 Å². The molecule has 0 atom stereocenters. The van der Waals surface area contributed by atoms with Crippen molar-refractivity contribution in [2.75, 3.05) is 6.54 Å². The number of hydrogen-bond donors (Lipinski definition) is 1. The van der Waals surface area contributed by atoms with Gasteiger partial charge in [0.15, 0.2) is 0 Å². The molecule has 0 unspecified atom stereocenters. The number of thioether (sulfide) groups is 1. The highest BCUT2D eigenvalue weighted by atomic mass is 32.2. The normalized spacial score (nSPS) is 10.9. The molecule has 0 aliphatic rings. The van der Waals surface area contributed by atoms with Gasteiger partial charge in [-0.05, 0) is 49.6 Å². The van der Waals surface area contributed by atoms with Crippen LogP contribution in [0.4, 0.5) is 0 Å². The van der Waals surface area contributed by atoms with Gasteiger partial charge in [0, 0.05) is 28.8 Å². The van der Waals surface area contributed by atoms with E-state index in [0.29, 0.717) is 6.54 Å². The number of nitrogens with one attached hydrogen (secondary N) is 1. The average molecular weight is 449 g/mol. The molecule has 4 aromatic rings. The Morgan fingerprint density at radius 2 is 1.94 bits per heavy atom. The van der Waals surface area contributed by atoms with E-state index in [2.05, 4.69) is 21.6 Å². The van der Waals surface area contributed by atoms with Crippen LogP contribution in [0.15, 0.2) is 76.6 Å². The first-order valence-corrected chi connectivity index (χ1v) is 12.1. The number of aryl methyl sites for hydroxylation is 2. The number of benzene rings is 2. The molecule has 1 N–H and O–H groups in total. The van der Waals surface area contributed by atoms with E-state index in [1.807, 2.05) is 77.1 Å². The molecule has 7 heteroatoms. The molecular weight excluding hydrogens is 424 g/mol. The summed E-state index contributed by atoms with van der Waals surface area (Å²) in [6.07, 6.45) is 3.82. The third kappa shape index (κ3) is 5.62. The highest BCUT2D eigenvalue weighted by Crippen LogP contribution is 2.26. The zero-order chi connectivity index (χ0) is 21.5. The van der Waals surface area contributed by atoms with E-state index in [0.717, 1.165) is 46.1 Å². The lowest BCUT2D eigenvalue weighted by molar-refractivity contribution is 0.0950. The van der Waals surface area contributed by atoms with E-state index in [1.165, 1.54) is 5.56 Å². The minimum Gasteiger partial charge on any atom is -0.352 e. The summed E-state index contributed by atoms with van der Waals surface area (Å²) < 4.78 is 1.92. The van der Waals surface area contributed by atoms with Crippen molar-refractivity contribution >= 4 is 29.0 Å². The maximum absolute atomic E-state index is 12.7. The van der Waals surface area contributed by atoms with Crippen LogP contribution < -0.4 is 5.32 Å². The number of nitrogens with zero attached hydrogens (tertiary/aromatic N) is 3. The molecule has 1 amide bonds. The molecule has 158 valence electrons. The van der Waals surface area contributed by atoms with Gasteiger partial charge in [0.05, 0.1) is 28.1 Å². The number of carbonyl (C=O) groups is 1. The van der Waals surface area contributed by atoms with E-state index in [1.54, 1.807) is 23.1 Å². The maximum Gasteiger partial charge on any atom is 0.252 e. The molecule has 2 aromatic carbocycles. The largest absolute Gasteiger partial charge is 0.352 e. The lowest BCUT2D eigenvalue weighted by atomic mass is 10.1. The van der Waals surface area contributed by atoms with E-state index in [9.17, 15) is 4.79 Å². The van der Waals surface area contributed by atoms with Crippen LogP contribution in [-0.2, 0) is 12.2 Å². The lowest BCUT2D eigenvalue weighted by Gasteiger charge is -2.09. The summed E-state index contributed by atoms with van der Waals surface area (Å²) in [7, 11) is 0. The highest BCUT2D eigenvalue weighted by Gasteiger charge is 2.12. The molecule has 0 aliphatic heterocycles. The van der Waals surface area contributed by atoms with Gasteiger partial charge in [-0.1, -0.05) is 30.3 Å². The zero-order valence-corrected chi connectivity index (χ0v) is 19.0. The van der Waals surface area contributed by atoms with Gasteiger partial charge in [0.25, 0.3) is 5.91 Å². The molecule has 0 spiro atoms. The van der Waals surface area contributed by atoms with Gasteiger partial charge < -0.3 is 5.32 Å². The molecule has 0 saturated heterocycles. The fourth-order valence-corrected chi connectivity index (χ4v) is 4.89. The number of aromatic nitrogens is 3. The van der Waals surface area contributed by atoms with Crippen molar-refractivity contribution < 1.29 is 4.79 Å². The number of amides is 1. The van der Waals surface area contributed by atoms with Crippen molar-refractivity contribution in [3.8, 4) is 5.69 Å². The van der Waals surface area contributed by atoms with Crippen LogP contribution in [0, 0.1) is 6.92 Å². The third-order valence-corrected chi connectivity index (χ3v) is 6.66. The van der Waals surface area contributed by atoms with Crippen molar-refractivity contribution in [1.29, 1.82) is 0 Å². The lowest BCUT2D eigenvalue weighted by Crippen LogP contribution is -2.25. The quantitative estimate of drug-likeness (QED) is 0.279. The molecule has 4 rings (SSSR count). The van der Waals surface area contributed by atoms with Gasteiger partial charge in [0.2, 0.25) is 0 Å². The summed E-state index contributed by atoms with van der Waals surface area (Å²) >= 11 is 3.23. The van der Waals surface area contributed by atoms with Gasteiger partial charge in [-0.3, -0.25) is 4.79 Å². The van der Waals surface area contributed by atoms with E-state index in [4.69, 9.17) is 0 Å². The van der Waals surface area contributed by atoms with Crippen LogP contribution in [0.3, 0.4) is 0 Å². The minimum atomic E-state index is -0.0296. The Morgan fingerprint density at radius 1 is 1.13 bits per heavy atom. The smallest absolute Gasteiger partial charge is 0.252 e. The summed E-state index contributed by atoms with van der Waals surface area (Å²) in [5.74, 6) is 0.733. The molecule has 2 heterocycles. The molecule has 0 bridgehead atoms. The molecule has 0 saturated carbocycles. The number of para-hydroxylation sites is 1. The van der Waals surface area contributed by atoms with E-state index in [-0.39, 0.29) is 5.91 Å². The Bertz CT molecular complexity index is 1120. The molecule has 0 fully saturated rings. The third-order valence-electron chi connectivity index (χ3n) is 4.92. The number of hydrogen-bond acceptors (Lipinski definition) is 5. The predicted molar refractivity (Wildman–Crippen MR) is 127 cm³/mol. The fraction of sp³-hybridized carbons (Fsp3) is 0.208. The topological polar surface area (TPSA) is 59.8 Å². The fourth-order valence-electron chi connectivity index (χ4n) is 3.27. The SMILES string of the molecule is Cc1nn(-c2ccccc2)cc1CCCNC(=O)c1ccccc1SCc1cscn1. The van der Waals surface area contributed by atoms with Crippen LogP contribution in [-0.4, -0.2) is 27.2 Å². The van der Waals surface area contributed by atoms with Crippen LogP contribution >= 0.6 is 23.1 Å². The molecule has 5 nitrogen and oxygen atoms in total. The first kappa shape index (κ1) is 21.3. The van der Waals surface area contributed by atoms with Crippen LogP contribution in [0.1, 0.15) is 33.7 Å². The van der Waals surface area contributed by atoms with Crippen LogP contribution in [0.5, 0.6) is 0 Å². The molecule has 0 radical (unpaired) electrons. The predicted octanol–water partition coefficient (Wildman–Crippen LogP) is 5.29. The van der Waals surface area contributed by atoms with Gasteiger partial charge in [0.1, 0.15) is 0 Å². The Morgan fingerprint density at radius 3 is 2.74 bits per heavy atom. The second kappa shape index (κ2) is 10.4. The molecule has 0 aliphatic carbocycles. The second-order valence-corrected chi connectivity index (χ2v) is 8.88. The summed E-state index contributed by atoms with van der Waals surface area (Å²) in [5, 5.41) is 9.72. The van der Waals surface area contributed by atoms with Crippen LogP contribution in [0.2, 0.25) is 0 Å². The minimum absolute atomic E-state index is 0.0296. The summed E-state index contributed by atoms with van der Waals surface area (Å²) in [6.45, 7) is 2.66. The average Bonchev–Trinajstić information content (AvgIpc) is 3.46. The Labute approximate surface area is 190 Å². The van der Waals surface area contributed by atoms with Crippen molar-refractivity contribution in [2.45, 2.75) is 30.4 Å². The number of carbonyl (C=O) groups excluding carboxylic acids is 1. The Balaban J connectivity index is 1.30. The standard InChI is InChI=1S/C24H24N4OS2/c1-18-19(14-28(27-18)21-9-3-2-4-10-21)8-7-13-25-24(29)22-11-5-6-12-23(22)31-16-20-15-30-17-26-20/h2-6,9-12,14-15,17H,7-8,13,16H2,1H3,(H,25,29). The van der Waals surface area contributed by atoms with Gasteiger partial charge >= 0.3 is 0 Å². The van der Waals surface area contributed by atoms with Crippen molar-refractivity contribution in [3.63, 3.8) is 0 Å². The summed E-state index contributed by atoms with van der Waals surface area (Å²) in [4.78, 5) is 18.0. The molecule has 31 heavy (non-hydrogen) atoms. The van der Waals surface area contributed by atoms with Crippen LogP contribution in [0.25, 0.3) is 5.69 Å². The summed E-state index contributed by atoms with van der Waals surface area (Å²) in [6, 6.07) is 17.8. The number of thiazole rings is 1. The zero-order valence-electron chi connectivity index (χ0n) is 17.3. The molecular formula is C24H24N4OS2. The summed E-state index contributed by atoms with van der Waals surface area (Å²) in [5.41, 5.74) is 6.88. The van der Waals surface area contributed by atoms with E-state index < -0.39 is 0 Å². The van der Waals surface area contributed by atoms with Crippen molar-refractivity contribution in [3.05, 3.63) is 94.2 Å². The first-order chi connectivity index (χ1) is 15.2. The highest BCUT2D eigenvalue weighted by molar-refractivity contribution is 7.98.